The second-order valence-electron chi connectivity index (χ2n) is 5.59. The number of hydrogen-bond acceptors (Lipinski definition) is 4. The molecule has 25 heavy (non-hydrogen) atoms. The van der Waals surface area contributed by atoms with Gasteiger partial charge in [0.25, 0.3) is 0 Å². The molecule has 0 saturated heterocycles. The zero-order valence-electron chi connectivity index (χ0n) is 13.3. The molecular weight excluding hydrogens is 393 g/mol. The third-order valence-corrected chi connectivity index (χ3v) is 4.43. The first-order valence-electron chi connectivity index (χ1n) is 7.44. The molecule has 2 rings (SSSR count). The Labute approximate surface area is 152 Å². The maximum atomic E-state index is 15.8. The van der Waals surface area contributed by atoms with Crippen LogP contribution in [0.25, 0.3) is 0 Å². The molecule has 5 nitrogen and oxygen atoms in total. The number of ketones is 2. The minimum Gasteiger partial charge on any atom is -0.296 e. The van der Waals surface area contributed by atoms with Crippen LogP contribution in [0.1, 0.15) is 28.8 Å². The maximum absolute atomic E-state index is 15.8. The molecule has 0 aromatic heterocycles. The molecule has 0 amide bonds. The zero-order chi connectivity index (χ0) is 18.6. The van der Waals surface area contributed by atoms with Crippen molar-refractivity contribution in [1.29, 1.82) is 0 Å². The molecule has 0 bridgehead atoms. The Morgan fingerprint density at radius 1 is 1.20 bits per heavy atom. The number of alkyl halides is 1. The number of hydrogen-bond donors (Lipinski definition) is 0. The lowest BCUT2D eigenvalue weighted by molar-refractivity contribution is -0.485. The fourth-order valence-electron chi connectivity index (χ4n) is 2.70. The van der Waals surface area contributed by atoms with Crippen LogP contribution in [0.3, 0.4) is 0 Å². The minimum atomic E-state index is -3.03. The van der Waals surface area contributed by atoms with Gasteiger partial charge in [0.05, 0.1) is 5.92 Å². The molecule has 0 spiro atoms. The van der Waals surface area contributed by atoms with Crippen molar-refractivity contribution in [2.45, 2.75) is 18.5 Å². The van der Waals surface area contributed by atoms with Crippen LogP contribution in [-0.4, -0.2) is 28.7 Å². The number of Topliss-reactive ketones (excluding diaryl/α,β-unsaturated/α-hetero) is 2. The van der Waals surface area contributed by atoms with E-state index in [9.17, 15) is 19.7 Å². The Morgan fingerprint density at radius 2 is 1.84 bits per heavy atom. The summed E-state index contributed by atoms with van der Waals surface area (Å²) in [6.45, 7) is 0.0525. The van der Waals surface area contributed by atoms with E-state index in [-0.39, 0.29) is 11.1 Å². The van der Waals surface area contributed by atoms with Crippen LogP contribution in [-0.2, 0) is 4.79 Å². The molecule has 2 aromatic rings. The van der Waals surface area contributed by atoms with E-state index in [2.05, 4.69) is 15.9 Å². The van der Waals surface area contributed by atoms with Crippen LogP contribution >= 0.6 is 15.9 Å². The van der Waals surface area contributed by atoms with Crippen molar-refractivity contribution in [1.82, 2.24) is 0 Å². The van der Waals surface area contributed by atoms with Crippen molar-refractivity contribution in [3.63, 3.8) is 0 Å². The standard InChI is InChI=1S/C18H15BrFNO4/c1-12(22)18(20,17(23)13-6-3-2-4-7-13)16(11-21(24)25)14-8-5-9-15(19)10-14/h2-10,16H,11H2,1H3/t16-,18+/m0/s1. The van der Waals surface area contributed by atoms with Gasteiger partial charge in [-0.3, -0.25) is 19.7 Å². The van der Waals surface area contributed by atoms with Crippen LogP contribution in [0.2, 0.25) is 0 Å². The average molecular weight is 408 g/mol. The van der Waals surface area contributed by atoms with Crippen molar-refractivity contribution >= 4 is 27.5 Å². The van der Waals surface area contributed by atoms with Crippen LogP contribution in [0.4, 0.5) is 4.39 Å². The molecule has 0 saturated carbocycles. The minimum absolute atomic E-state index is 0.0106. The fraction of sp³-hybridized carbons (Fsp3) is 0.222. The summed E-state index contributed by atoms with van der Waals surface area (Å²) in [7, 11) is 0. The highest BCUT2D eigenvalue weighted by molar-refractivity contribution is 9.10. The second kappa shape index (κ2) is 7.65. The van der Waals surface area contributed by atoms with E-state index in [1.54, 1.807) is 18.2 Å². The SMILES string of the molecule is CC(=O)[C@](F)(C(=O)c1ccccc1)[C@@H](C[N+](=O)[O-])c1cccc(Br)c1. The molecule has 0 fully saturated rings. The van der Waals surface area contributed by atoms with Gasteiger partial charge in [-0.2, -0.15) is 0 Å². The van der Waals surface area contributed by atoms with E-state index in [1.807, 2.05) is 0 Å². The number of benzene rings is 2. The third-order valence-electron chi connectivity index (χ3n) is 3.94. The van der Waals surface area contributed by atoms with Gasteiger partial charge in [0.1, 0.15) is 0 Å². The van der Waals surface area contributed by atoms with Crippen LogP contribution < -0.4 is 0 Å². The van der Waals surface area contributed by atoms with E-state index in [4.69, 9.17) is 0 Å². The number of nitrogens with zero attached hydrogens (tertiary/aromatic N) is 1. The van der Waals surface area contributed by atoms with Gasteiger partial charge in [-0.1, -0.05) is 58.4 Å². The van der Waals surface area contributed by atoms with Crippen molar-refractivity contribution in [2.24, 2.45) is 0 Å². The number of rotatable bonds is 7. The first-order chi connectivity index (χ1) is 11.8. The van der Waals surface area contributed by atoms with E-state index in [0.29, 0.717) is 4.47 Å². The molecule has 130 valence electrons. The van der Waals surface area contributed by atoms with Crippen LogP contribution in [0.5, 0.6) is 0 Å². The molecule has 0 unspecified atom stereocenters. The van der Waals surface area contributed by atoms with E-state index < -0.39 is 34.6 Å². The van der Waals surface area contributed by atoms with E-state index in [1.165, 1.54) is 36.4 Å². The van der Waals surface area contributed by atoms with Gasteiger partial charge in [0.2, 0.25) is 18.0 Å². The monoisotopic (exact) mass is 407 g/mol. The van der Waals surface area contributed by atoms with Crippen molar-refractivity contribution in [3.05, 3.63) is 80.3 Å². The predicted molar refractivity (Wildman–Crippen MR) is 94.0 cm³/mol. The van der Waals surface area contributed by atoms with Gasteiger partial charge < -0.3 is 0 Å². The van der Waals surface area contributed by atoms with Crippen LogP contribution in [0, 0.1) is 10.1 Å². The topological polar surface area (TPSA) is 77.3 Å². The average Bonchev–Trinajstić information content (AvgIpc) is 2.58. The zero-order valence-corrected chi connectivity index (χ0v) is 14.9. The highest BCUT2D eigenvalue weighted by Gasteiger charge is 2.53. The van der Waals surface area contributed by atoms with E-state index in [0.717, 1.165) is 6.92 Å². The largest absolute Gasteiger partial charge is 0.296 e. The summed E-state index contributed by atoms with van der Waals surface area (Å²) in [5.41, 5.74) is -2.84. The second-order valence-corrected chi connectivity index (χ2v) is 6.50. The van der Waals surface area contributed by atoms with Crippen molar-refractivity contribution in [2.75, 3.05) is 6.54 Å². The van der Waals surface area contributed by atoms with E-state index >= 15 is 4.39 Å². The molecule has 2 aromatic carbocycles. The first kappa shape index (κ1) is 18.9. The van der Waals surface area contributed by atoms with Gasteiger partial charge in [0.15, 0.2) is 5.78 Å². The highest BCUT2D eigenvalue weighted by Crippen LogP contribution is 2.37. The Hall–Kier alpha value is -2.41. The first-order valence-corrected chi connectivity index (χ1v) is 8.23. The molecule has 0 aliphatic heterocycles. The molecule has 0 radical (unpaired) electrons. The van der Waals surface area contributed by atoms with Crippen LogP contribution in [0.15, 0.2) is 59.1 Å². The fourth-order valence-corrected chi connectivity index (χ4v) is 3.11. The summed E-state index contributed by atoms with van der Waals surface area (Å²) in [6, 6.07) is 13.7. The molecule has 0 aliphatic rings. The normalized spacial score (nSPS) is 14.4. The molecule has 0 N–H and O–H groups in total. The Balaban J connectivity index is 2.61. The molecular formula is C18H15BrFNO4. The number of nitro groups is 1. The Morgan fingerprint density at radius 3 is 2.36 bits per heavy atom. The Kier molecular flexibility index (Phi) is 5.79. The molecule has 2 atom stereocenters. The summed E-state index contributed by atoms with van der Waals surface area (Å²) >= 11 is 3.22. The summed E-state index contributed by atoms with van der Waals surface area (Å²) in [5.74, 6) is -3.68. The lowest BCUT2D eigenvalue weighted by atomic mass is 9.76. The lowest BCUT2D eigenvalue weighted by Crippen LogP contribution is -2.49. The number of carbonyl (C=O) groups is 2. The summed E-state index contributed by atoms with van der Waals surface area (Å²) < 4.78 is 16.4. The third kappa shape index (κ3) is 3.99. The molecule has 0 aliphatic carbocycles. The van der Waals surface area contributed by atoms with Gasteiger partial charge in [-0.15, -0.1) is 0 Å². The van der Waals surface area contributed by atoms with Gasteiger partial charge in [-0.05, 0) is 24.6 Å². The molecule has 7 heteroatoms. The maximum Gasteiger partial charge on any atom is 0.243 e. The number of halogens is 2. The number of carbonyl (C=O) groups excluding carboxylic acids is 2. The van der Waals surface area contributed by atoms with Gasteiger partial charge >= 0.3 is 0 Å². The van der Waals surface area contributed by atoms with Crippen molar-refractivity contribution in [3.8, 4) is 0 Å². The van der Waals surface area contributed by atoms with Crippen molar-refractivity contribution < 1.29 is 18.9 Å². The summed E-state index contributed by atoms with van der Waals surface area (Å²) in [6.07, 6.45) is 0. The lowest BCUT2D eigenvalue weighted by Gasteiger charge is -2.28. The Bertz CT molecular complexity index is 812. The smallest absolute Gasteiger partial charge is 0.243 e. The summed E-state index contributed by atoms with van der Waals surface area (Å²) in [4.78, 5) is 35.3. The predicted octanol–water partition coefficient (Wildman–Crippen LogP) is 3.99. The highest BCUT2D eigenvalue weighted by atomic mass is 79.9. The molecule has 0 heterocycles. The summed E-state index contributed by atoms with van der Waals surface area (Å²) in [5, 5.41) is 11.1. The van der Waals surface area contributed by atoms with Gasteiger partial charge in [0, 0.05) is 15.0 Å². The quantitative estimate of drug-likeness (QED) is 0.301. The van der Waals surface area contributed by atoms with Gasteiger partial charge in [-0.25, -0.2) is 4.39 Å².